The van der Waals surface area contributed by atoms with Gasteiger partial charge in [-0.3, -0.25) is 0 Å². The predicted molar refractivity (Wildman–Crippen MR) is 132 cm³/mol. The number of ether oxygens (including phenoxy) is 2. The summed E-state index contributed by atoms with van der Waals surface area (Å²) in [7, 11) is 0. The number of nitrogens with zero attached hydrogens (tertiary/aromatic N) is 1. The molecule has 2 fully saturated rings. The molecule has 0 atom stereocenters. The fourth-order valence-corrected chi connectivity index (χ4v) is 5.62. The number of carboxylic acid groups (broad SMARTS) is 1. The van der Waals surface area contributed by atoms with E-state index in [9.17, 15) is 9.90 Å². The molecule has 1 saturated carbocycles. The number of carboxylic acids is 1. The second-order valence-electron chi connectivity index (χ2n) is 10.0. The fourth-order valence-electron chi connectivity index (χ4n) is 5.62. The summed E-state index contributed by atoms with van der Waals surface area (Å²) in [6.45, 7) is 5.31. The van der Waals surface area contributed by atoms with Crippen LogP contribution in [0.25, 0.3) is 33.3 Å². The average Bonchev–Trinajstić information content (AvgIpc) is 3.19. The molecule has 6 rings (SSSR count). The Morgan fingerprint density at radius 3 is 2.56 bits per heavy atom. The van der Waals surface area contributed by atoms with Crippen molar-refractivity contribution in [2.45, 2.75) is 51.6 Å². The first-order valence-electron chi connectivity index (χ1n) is 12.4. The predicted octanol–water partition coefficient (Wildman–Crippen LogP) is 2.36. The molecule has 0 bridgehead atoms. The molecule has 3 heterocycles. The van der Waals surface area contributed by atoms with Gasteiger partial charge in [-0.1, -0.05) is 24.3 Å². The first kappa shape index (κ1) is 25.3. The Labute approximate surface area is 232 Å². The monoisotopic (exact) mass is 493 g/mol. The van der Waals surface area contributed by atoms with E-state index < -0.39 is 5.97 Å². The fraction of sp³-hybridized carbons (Fsp3) is 0.379. The van der Waals surface area contributed by atoms with Gasteiger partial charge in [0, 0.05) is 16.5 Å². The third-order valence-electron chi connectivity index (χ3n) is 7.88. The molecule has 6 nitrogen and oxygen atoms in total. The minimum absolute atomic E-state index is 0. The van der Waals surface area contributed by atoms with Gasteiger partial charge < -0.3 is 23.8 Å². The normalized spacial score (nSPS) is 21.3. The van der Waals surface area contributed by atoms with Gasteiger partial charge in [0.1, 0.15) is 17.0 Å². The Morgan fingerprint density at radius 2 is 1.89 bits per heavy atom. The number of pyridine rings is 1. The van der Waals surface area contributed by atoms with Crippen LogP contribution in [0, 0.1) is 19.8 Å². The third kappa shape index (κ3) is 4.34. The van der Waals surface area contributed by atoms with E-state index in [0.29, 0.717) is 40.6 Å². The molecule has 1 saturated heterocycles. The Kier molecular flexibility index (Phi) is 6.90. The van der Waals surface area contributed by atoms with Crippen LogP contribution in [0.5, 0.6) is 5.75 Å². The number of aromatic nitrogens is 1. The maximum Gasteiger partial charge on any atom is 1.00 e. The van der Waals surface area contributed by atoms with Gasteiger partial charge in [0.05, 0.1) is 35.7 Å². The molecule has 0 amide bonds. The van der Waals surface area contributed by atoms with E-state index in [2.05, 4.69) is 0 Å². The molecular weight excluding hydrogens is 465 g/mol. The summed E-state index contributed by atoms with van der Waals surface area (Å²) in [6, 6.07) is 13.1. The van der Waals surface area contributed by atoms with Crippen LogP contribution in [-0.2, 0) is 4.74 Å². The number of para-hydroxylation sites is 1. The summed E-state index contributed by atoms with van der Waals surface area (Å²) in [4.78, 5) is 17.2. The maximum absolute atomic E-state index is 12.3. The zero-order valence-electron chi connectivity index (χ0n) is 21.1. The van der Waals surface area contributed by atoms with Gasteiger partial charge in [-0.05, 0) is 75.6 Å². The summed E-state index contributed by atoms with van der Waals surface area (Å²) in [6.07, 6.45) is 5.43. The molecule has 7 heteroatoms. The van der Waals surface area contributed by atoms with Crippen molar-refractivity contribution in [1.29, 1.82) is 0 Å². The standard InChI is InChI=1S/C29H29NO5.Na/c1-17-7-8-24(33-16-19-9-11-29(12-10-19)13-14-34-29)25-21(28(31)32)15-22(30-26(17)25)27-18(2)20-5-3-4-6-23(20)35-27;/h3-8,15,19H,9-14,16H2,1-2H3,(H,31,32);/q;+1/p-1. The van der Waals surface area contributed by atoms with Gasteiger partial charge >= 0.3 is 29.6 Å². The van der Waals surface area contributed by atoms with Gasteiger partial charge in [-0.25, -0.2) is 4.98 Å². The van der Waals surface area contributed by atoms with Crippen LogP contribution in [0.4, 0.5) is 0 Å². The van der Waals surface area contributed by atoms with Crippen molar-refractivity contribution in [3.8, 4) is 17.2 Å². The smallest absolute Gasteiger partial charge is 0.545 e. The summed E-state index contributed by atoms with van der Waals surface area (Å²) in [5, 5.41) is 13.8. The Morgan fingerprint density at radius 1 is 1.14 bits per heavy atom. The summed E-state index contributed by atoms with van der Waals surface area (Å²) >= 11 is 0. The van der Waals surface area contributed by atoms with Crippen molar-refractivity contribution >= 4 is 27.8 Å². The molecule has 0 N–H and O–H groups in total. The molecule has 180 valence electrons. The van der Waals surface area contributed by atoms with Gasteiger partial charge in [0.25, 0.3) is 0 Å². The number of fused-ring (bicyclic) bond motifs is 2. The number of carbonyl (C=O) groups is 1. The molecule has 1 spiro atoms. The van der Waals surface area contributed by atoms with Gasteiger partial charge in [-0.15, -0.1) is 0 Å². The number of carbonyl (C=O) groups excluding carboxylic acids is 1. The Hall–Kier alpha value is -2.38. The quantitative estimate of drug-likeness (QED) is 0.397. The van der Waals surface area contributed by atoms with Crippen molar-refractivity contribution < 1.29 is 53.3 Å². The summed E-state index contributed by atoms with van der Waals surface area (Å²) in [5.41, 5.74) is 3.78. The van der Waals surface area contributed by atoms with Crippen molar-refractivity contribution in [1.82, 2.24) is 4.98 Å². The molecule has 0 unspecified atom stereocenters. The molecule has 1 aliphatic heterocycles. The van der Waals surface area contributed by atoms with E-state index in [1.54, 1.807) is 6.07 Å². The molecular formula is C29H28NNaO5. The van der Waals surface area contributed by atoms with Gasteiger partial charge in [0.15, 0.2) is 5.76 Å². The largest absolute Gasteiger partial charge is 1.00 e. The Balaban J connectivity index is 0.00000267. The van der Waals surface area contributed by atoms with E-state index in [1.807, 2.05) is 50.2 Å². The third-order valence-corrected chi connectivity index (χ3v) is 7.88. The molecule has 1 aliphatic carbocycles. The average molecular weight is 494 g/mol. The van der Waals surface area contributed by atoms with Crippen molar-refractivity contribution in [3.05, 3.63) is 59.2 Å². The van der Waals surface area contributed by atoms with Crippen molar-refractivity contribution in [2.24, 2.45) is 5.92 Å². The van der Waals surface area contributed by atoms with E-state index in [1.165, 1.54) is 0 Å². The molecule has 0 radical (unpaired) electrons. The minimum Gasteiger partial charge on any atom is -0.545 e. The van der Waals surface area contributed by atoms with E-state index in [0.717, 1.165) is 60.8 Å². The number of furan rings is 1. The van der Waals surface area contributed by atoms with Crippen LogP contribution in [0.15, 0.2) is 46.9 Å². The molecule has 36 heavy (non-hydrogen) atoms. The molecule has 2 aromatic carbocycles. The number of benzene rings is 2. The zero-order valence-corrected chi connectivity index (χ0v) is 23.1. The number of aromatic carboxylic acids is 1. The van der Waals surface area contributed by atoms with Crippen LogP contribution >= 0.6 is 0 Å². The van der Waals surface area contributed by atoms with Crippen LogP contribution in [-0.4, -0.2) is 29.8 Å². The van der Waals surface area contributed by atoms with Crippen molar-refractivity contribution in [3.63, 3.8) is 0 Å². The summed E-state index contributed by atoms with van der Waals surface area (Å²) in [5.74, 6) is 0.267. The van der Waals surface area contributed by atoms with Crippen LogP contribution < -0.4 is 39.4 Å². The SMILES string of the molecule is Cc1c(-c2cc(C(=O)[O-])c3c(OCC4CCC5(CCO5)CC4)ccc(C)c3n2)oc2ccccc12.[Na+]. The molecule has 2 aromatic heterocycles. The van der Waals surface area contributed by atoms with Crippen LogP contribution in [0.3, 0.4) is 0 Å². The first-order valence-corrected chi connectivity index (χ1v) is 12.4. The Bertz CT molecular complexity index is 1450. The van der Waals surface area contributed by atoms with Gasteiger partial charge in [-0.2, -0.15) is 0 Å². The maximum atomic E-state index is 12.3. The van der Waals surface area contributed by atoms with Crippen LogP contribution in [0.2, 0.25) is 0 Å². The number of aryl methyl sites for hydroxylation is 2. The van der Waals surface area contributed by atoms with Crippen LogP contribution in [0.1, 0.15) is 53.6 Å². The summed E-state index contributed by atoms with van der Waals surface area (Å²) < 4.78 is 18.2. The number of rotatable bonds is 5. The molecule has 4 aromatic rings. The van der Waals surface area contributed by atoms with Crippen molar-refractivity contribution in [2.75, 3.05) is 13.2 Å². The zero-order chi connectivity index (χ0) is 24.2. The van der Waals surface area contributed by atoms with Gasteiger partial charge in [0.2, 0.25) is 0 Å². The van der Waals surface area contributed by atoms with E-state index in [4.69, 9.17) is 18.9 Å². The topological polar surface area (TPSA) is 84.6 Å². The first-order chi connectivity index (χ1) is 16.9. The minimum atomic E-state index is -1.26. The number of hydrogen-bond donors (Lipinski definition) is 0. The number of hydrogen-bond acceptors (Lipinski definition) is 6. The molecule has 2 aliphatic rings. The van der Waals surface area contributed by atoms with E-state index in [-0.39, 0.29) is 40.7 Å². The second kappa shape index (κ2) is 9.82. The van der Waals surface area contributed by atoms with E-state index >= 15 is 0 Å². The second-order valence-corrected chi connectivity index (χ2v) is 10.0.